The molecule has 0 bridgehead atoms. The number of halogens is 2. The van der Waals surface area contributed by atoms with Crippen molar-refractivity contribution in [3.8, 4) is 17.2 Å². The first kappa shape index (κ1) is 24.3. The molecule has 0 saturated heterocycles. The molecule has 0 unspecified atom stereocenters. The fourth-order valence-corrected chi connectivity index (χ4v) is 5.02. The van der Waals surface area contributed by atoms with Crippen molar-refractivity contribution in [2.24, 2.45) is 0 Å². The van der Waals surface area contributed by atoms with Gasteiger partial charge in [0.2, 0.25) is 6.10 Å². The van der Waals surface area contributed by atoms with Crippen molar-refractivity contribution in [1.82, 2.24) is 0 Å². The van der Waals surface area contributed by atoms with E-state index in [4.69, 9.17) is 25.8 Å². The van der Waals surface area contributed by atoms with Crippen LogP contribution in [0.1, 0.15) is 28.4 Å². The lowest BCUT2D eigenvalue weighted by Gasteiger charge is -2.35. The van der Waals surface area contributed by atoms with E-state index in [0.717, 1.165) is 14.7 Å². The van der Waals surface area contributed by atoms with E-state index >= 15 is 0 Å². The van der Waals surface area contributed by atoms with Crippen molar-refractivity contribution in [2.75, 3.05) is 7.11 Å². The normalized spacial score (nSPS) is 19.0. The summed E-state index contributed by atoms with van der Waals surface area (Å²) in [6.45, 7) is 4.23. The third kappa shape index (κ3) is 4.86. The number of nitrogens with zero attached hydrogens (tertiary/aromatic N) is 1. The molecule has 3 aromatic rings. The van der Waals surface area contributed by atoms with E-state index in [1.54, 1.807) is 31.4 Å². The number of benzene rings is 3. The molecular formula is C26H23ClINO5. The summed E-state index contributed by atoms with van der Waals surface area (Å²) in [6.07, 6.45) is 1.28. The average molecular weight is 592 g/mol. The molecule has 0 N–H and O–H groups in total. The fraction of sp³-hybridized carbons (Fsp3) is 0.231. The van der Waals surface area contributed by atoms with E-state index in [1.165, 1.54) is 0 Å². The van der Waals surface area contributed by atoms with Gasteiger partial charge in [0.1, 0.15) is 23.9 Å². The third-order valence-electron chi connectivity index (χ3n) is 5.69. The number of allylic oxidation sites excluding steroid dienone is 1. The SMILES string of the molecule is C=CCc1cc(OC)cc2c1O[C@@H](c1ccc(OCc3ccccc3)c(I)c1)[C@](Cl)([N+](=O)[O-])C2. The van der Waals surface area contributed by atoms with E-state index in [-0.39, 0.29) is 6.42 Å². The van der Waals surface area contributed by atoms with Crippen LogP contribution in [0.2, 0.25) is 0 Å². The van der Waals surface area contributed by atoms with Crippen LogP contribution in [-0.2, 0) is 19.4 Å². The van der Waals surface area contributed by atoms with Crippen molar-refractivity contribution in [3.05, 3.63) is 109 Å². The minimum Gasteiger partial charge on any atom is -0.497 e. The highest BCUT2D eigenvalue weighted by Gasteiger charge is 2.55. The highest BCUT2D eigenvalue weighted by atomic mass is 127. The van der Waals surface area contributed by atoms with Crippen molar-refractivity contribution in [2.45, 2.75) is 30.6 Å². The summed E-state index contributed by atoms with van der Waals surface area (Å²) in [5, 5.41) is 12.2. The summed E-state index contributed by atoms with van der Waals surface area (Å²) in [5.41, 5.74) is 3.13. The summed E-state index contributed by atoms with van der Waals surface area (Å²) in [6, 6.07) is 18.8. The minimum atomic E-state index is -1.87. The van der Waals surface area contributed by atoms with Gasteiger partial charge in [-0.25, -0.2) is 0 Å². The number of methoxy groups -OCH3 is 1. The molecule has 8 heteroatoms. The van der Waals surface area contributed by atoms with Crippen LogP contribution < -0.4 is 14.2 Å². The number of alkyl halides is 1. The molecule has 0 spiro atoms. The molecule has 0 saturated carbocycles. The van der Waals surface area contributed by atoms with Gasteiger partial charge in [-0.3, -0.25) is 10.1 Å². The van der Waals surface area contributed by atoms with Crippen molar-refractivity contribution >= 4 is 34.2 Å². The maximum atomic E-state index is 12.2. The molecule has 0 radical (unpaired) electrons. The van der Waals surface area contributed by atoms with Gasteiger partial charge in [-0.1, -0.05) is 42.5 Å². The van der Waals surface area contributed by atoms with Crippen LogP contribution in [-0.4, -0.2) is 17.0 Å². The quantitative estimate of drug-likeness (QED) is 0.0748. The molecule has 0 aliphatic carbocycles. The topological polar surface area (TPSA) is 70.8 Å². The monoisotopic (exact) mass is 591 g/mol. The Balaban J connectivity index is 1.68. The number of ether oxygens (including phenoxy) is 3. The molecule has 3 aromatic carbocycles. The Morgan fingerprint density at radius 3 is 2.68 bits per heavy atom. The molecular weight excluding hydrogens is 569 g/mol. The lowest BCUT2D eigenvalue weighted by molar-refractivity contribution is -0.555. The lowest BCUT2D eigenvalue weighted by atomic mass is 9.90. The van der Waals surface area contributed by atoms with Gasteiger partial charge >= 0.3 is 5.00 Å². The Morgan fingerprint density at radius 2 is 2.03 bits per heavy atom. The summed E-state index contributed by atoms with van der Waals surface area (Å²) < 4.78 is 18.4. The molecule has 1 aliphatic rings. The zero-order valence-corrected chi connectivity index (χ0v) is 21.4. The predicted molar refractivity (Wildman–Crippen MR) is 139 cm³/mol. The van der Waals surface area contributed by atoms with Gasteiger partial charge in [0, 0.05) is 21.6 Å². The Labute approximate surface area is 216 Å². The van der Waals surface area contributed by atoms with Crippen LogP contribution in [0.5, 0.6) is 17.2 Å². The molecule has 2 atom stereocenters. The van der Waals surface area contributed by atoms with Crippen LogP contribution in [0.15, 0.2) is 73.3 Å². The molecule has 1 aliphatic heterocycles. The number of nitro groups is 1. The minimum absolute atomic E-state index is 0.00820. The molecule has 0 fully saturated rings. The van der Waals surface area contributed by atoms with Gasteiger partial charge in [-0.05, 0) is 70.4 Å². The van der Waals surface area contributed by atoms with E-state index in [9.17, 15) is 10.1 Å². The van der Waals surface area contributed by atoms with E-state index in [0.29, 0.717) is 41.4 Å². The van der Waals surface area contributed by atoms with Crippen LogP contribution >= 0.6 is 34.2 Å². The first-order valence-corrected chi connectivity index (χ1v) is 12.1. The number of hydrogen-bond acceptors (Lipinski definition) is 5. The molecule has 1 heterocycles. The molecule has 6 nitrogen and oxygen atoms in total. The second-order valence-electron chi connectivity index (χ2n) is 7.98. The second kappa shape index (κ2) is 10.2. The van der Waals surface area contributed by atoms with Crippen LogP contribution in [0, 0.1) is 13.7 Å². The highest BCUT2D eigenvalue weighted by Crippen LogP contribution is 2.48. The number of rotatable bonds is 8. The first-order valence-electron chi connectivity index (χ1n) is 10.6. The second-order valence-corrected chi connectivity index (χ2v) is 9.80. The van der Waals surface area contributed by atoms with E-state index < -0.39 is 16.0 Å². The number of fused-ring (bicyclic) bond motifs is 1. The Kier molecular flexibility index (Phi) is 7.33. The van der Waals surface area contributed by atoms with Crippen molar-refractivity contribution in [3.63, 3.8) is 0 Å². The Bertz CT molecular complexity index is 1220. The Morgan fingerprint density at radius 1 is 1.26 bits per heavy atom. The van der Waals surface area contributed by atoms with Gasteiger partial charge in [0.25, 0.3) is 0 Å². The van der Waals surface area contributed by atoms with E-state index in [1.807, 2.05) is 42.5 Å². The van der Waals surface area contributed by atoms with Crippen molar-refractivity contribution in [1.29, 1.82) is 0 Å². The van der Waals surface area contributed by atoms with Gasteiger partial charge in [-0.2, -0.15) is 0 Å². The molecule has 0 aromatic heterocycles. The average Bonchev–Trinajstić information content (AvgIpc) is 2.83. The maximum absolute atomic E-state index is 12.2. The summed E-state index contributed by atoms with van der Waals surface area (Å²) in [4.78, 5) is 9.82. The van der Waals surface area contributed by atoms with Gasteiger partial charge in [0.05, 0.1) is 17.1 Å². The first-order chi connectivity index (χ1) is 16.4. The standard InChI is InChI=1S/C26H23ClINO5/c1-3-7-18-12-21(32-2)13-20-15-26(27,29(30)31)25(34-24(18)20)19-10-11-23(22(28)14-19)33-16-17-8-5-4-6-9-17/h3-6,8-14,25H,1,7,15-16H2,2H3/t25-,26+/m0/s1. The predicted octanol–water partition coefficient (Wildman–Crippen LogP) is 6.50. The fourth-order valence-electron chi connectivity index (χ4n) is 4.01. The Hall–Kier alpha value is -2.78. The maximum Gasteiger partial charge on any atom is 0.339 e. The molecule has 4 rings (SSSR count). The zero-order valence-electron chi connectivity index (χ0n) is 18.5. The van der Waals surface area contributed by atoms with Crippen molar-refractivity contribution < 1.29 is 19.1 Å². The highest BCUT2D eigenvalue weighted by molar-refractivity contribution is 14.1. The molecule has 176 valence electrons. The van der Waals surface area contributed by atoms with Crippen LogP contribution in [0.3, 0.4) is 0 Å². The van der Waals surface area contributed by atoms with E-state index in [2.05, 4.69) is 29.2 Å². The lowest BCUT2D eigenvalue weighted by Crippen LogP contribution is -2.46. The zero-order chi connectivity index (χ0) is 24.3. The van der Waals surface area contributed by atoms with Gasteiger partial charge in [0.15, 0.2) is 0 Å². The van der Waals surface area contributed by atoms with Gasteiger partial charge in [-0.15, -0.1) is 6.58 Å². The number of hydrogen-bond donors (Lipinski definition) is 0. The summed E-state index contributed by atoms with van der Waals surface area (Å²) in [7, 11) is 1.55. The smallest absolute Gasteiger partial charge is 0.339 e. The summed E-state index contributed by atoms with van der Waals surface area (Å²) >= 11 is 8.84. The molecule has 0 amide bonds. The van der Waals surface area contributed by atoms with Gasteiger partial charge < -0.3 is 14.2 Å². The molecule has 34 heavy (non-hydrogen) atoms. The third-order valence-corrected chi connectivity index (χ3v) is 7.00. The largest absolute Gasteiger partial charge is 0.497 e. The summed E-state index contributed by atoms with van der Waals surface area (Å²) in [5.74, 6) is 1.86. The van der Waals surface area contributed by atoms with Crippen LogP contribution in [0.4, 0.5) is 0 Å². The van der Waals surface area contributed by atoms with Crippen LogP contribution in [0.25, 0.3) is 0 Å².